The van der Waals surface area contributed by atoms with Crippen LogP contribution < -0.4 is 10.9 Å². The summed E-state index contributed by atoms with van der Waals surface area (Å²) in [6, 6.07) is 8.39. The molecule has 0 aliphatic heterocycles. The van der Waals surface area contributed by atoms with Gasteiger partial charge in [-0.2, -0.15) is 5.26 Å². The van der Waals surface area contributed by atoms with E-state index in [1.54, 1.807) is 0 Å². The molecule has 27 heavy (non-hydrogen) atoms. The Balaban J connectivity index is 2.43. The molecule has 1 atom stereocenters. The van der Waals surface area contributed by atoms with Crippen LogP contribution >= 0.6 is 0 Å². The summed E-state index contributed by atoms with van der Waals surface area (Å²) in [6.07, 6.45) is -1.38. The fourth-order valence-corrected chi connectivity index (χ4v) is 2.74. The Hall–Kier alpha value is -3.80. The van der Waals surface area contributed by atoms with E-state index in [1.165, 1.54) is 31.2 Å². The molecule has 0 spiro atoms. The van der Waals surface area contributed by atoms with Crippen LogP contribution in [0.3, 0.4) is 0 Å². The molecule has 1 unspecified atom stereocenters. The topological polar surface area (TPSA) is 108 Å². The largest absolute Gasteiger partial charge is 0.465 e. The van der Waals surface area contributed by atoms with Crippen molar-refractivity contribution in [2.24, 2.45) is 0 Å². The van der Waals surface area contributed by atoms with Crippen LogP contribution in [0.2, 0.25) is 0 Å². The summed E-state index contributed by atoms with van der Waals surface area (Å²) in [5.74, 6) is -2.01. The number of nitrogens with zero attached hydrogens (tertiary/aromatic N) is 3. The average molecular weight is 370 g/mol. The molecule has 0 bridgehead atoms. The van der Waals surface area contributed by atoms with E-state index < -0.39 is 40.2 Å². The van der Waals surface area contributed by atoms with Crippen LogP contribution in [-0.4, -0.2) is 20.8 Å². The summed E-state index contributed by atoms with van der Waals surface area (Å²) in [4.78, 5) is 28.0. The number of benzene rings is 2. The number of aromatic nitrogens is 2. The molecule has 0 saturated heterocycles. The molecule has 136 valence electrons. The Morgan fingerprint density at radius 3 is 2.67 bits per heavy atom. The van der Waals surface area contributed by atoms with E-state index >= 15 is 0 Å². The SMILES string of the molecule is CC(NC(=O)O)c1nc2c(F)ccc(F)c2c(=O)n1-c1cccc(C#N)c1. The van der Waals surface area contributed by atoms with Crippen LogP contribution in [-0.2, 0) is 0 Å². The molecule has 3 aromatic rings. The van der Waals surface area contributed by atoms with E-state index in [0.717, 1.165) is 16.7 Å². The molecule has 2 aromatic carbocycles. The Morgan fingerprint density at radius 1 is 1.30 bits per heavy atom. The van der Waals surface area contributed by atoms with Crippen LogP contribution in [0.15, 0.2) is 41.2 Å². The number of hydrogen-bond donors (Lipinski definition) is 2. The van der Waals surface area contributed by atoms with E-state index in [1.807, 2.05) is 6.07 Å². The highest BCUT2D eigenvalue weighted by atomic mass is 19.1. The summed E-state index contributed by atoms with van der Waals surface area (Å²) in [5, 5.41) is 19.6. The fourth-order valence-electron chi connectivity index (χ4n) is 2.74. The standard InChI is InChI=1S/C18H12F2N4O3/c1-9(22-18(26)27)16-23-15-13(20)6-5-12(19)14(15)17(25)24(16)11-4-2-3-10(7-11)8-21/h2-7,9,22H,1H3,(H,26,27). The number of nitriles is 1. The molecular formula is C18H12F2N4O3. The average Bonchev–Trinajstić information content (AvgIpc) is 2.63. The molecule has 7 nitrogen and oxygen atoms in total. The maximum atomic E-state index is 14.2. The van der Waals surface area contributed by atoms with E-state index in [4.69, 9.17) is 10.4 Å². The van der Waals surface area contributed by atoms with Crippen molar-refractivity contribution in [2.75, 3.05) is 0 Å². The normalized spacial score (nSPS) is 11.8. The predicted molar refractivity (Wildman–Crippen MR) is 91.5 cm³/mol. The molecule has 2 N–H and O–H groups in total. The summed E-state index contributed by atoms with van der Waals surface area (Å²) in [5.41, 5.74) is -1.02. The molecule has 1 amide bonds. The lowest BCUT2D eigenvalue weighted by molar-refractivity contribution is 0.190. The van der Waals surface area contributed by atoms with E-state index in [2.05, 4.69) is 10.3 Å². The Labute approximate surface area is 151 Å². The van der Waals surface area contributed by atoms with Crippen molar-refractivity contribution in [2.45, 2.75) is 13.0 Å². The zero-order valence-corrected chi connectivity index (χ0v) is 13.9. The Morgan fingerprint density at radius 2 is 2.00 bits per heavy atom. The first-order valence-corrected chi connectivity index (χ1v) is 7.74. The number of hydrogen-bond acceptors (Lipinski definition) is 4. The van der Waals surface area contributed by atoms with Gasteiger partial charge < -0.3 is 10.4 Å². The second-order valence-electron chi connectivity index (χ2n) is 5.70. The maximum Gasteiger partial charge on any atom is 0.405 e. The molecule has 3 rings (SSSR count). The summed E-state index contributed by atoms with van der Waals surface area (Å²) >= 11 is 0. The third kappa shape index (κ3) is 3.20. The van der Waals surface area contributed by atoms with Crippen molar-refractivity contribution in [3.63, 3.8) is 0 Å². The third-order valence-corrected chi connectivity index (χ3v) is 3.91. The fraction of sp³-hybridized carbons (Fsp3) is 0.111. The zero-order chi connectivity index (χ0) is 19.7. The lowest BCUT2D eigenvalue weighted by Crippen LogP contribution is -2.33. The first-order chi connectivity index (χ1) is 12.8. The highest BCUT2D eigenvalue weighted by Crippen LogP contribution is 2.22. The second-order valence-corrected chi connectivity index (χ2v) is 5.70. The van der Waals surface area contributed by atoms with Gasteiger partial charge in [-0.15, -0.1) is 0 Å². The first-order valence-electron chi connectivity index (χ1n) is 7.74. The molecule has 0 fully saturated rings. The lowest BCUT2D eigenvalue weighted by atomic mass is 10.1. The van der Waals surface area contributed by atoms with E-state index in [0.29, 0.717) is 0 Å². The maximum absolute atomic E-state index is 14.2. The molecule has 0 aliphatic carbocycles. The van der Waals surface area contributed by atoms with E-state index in [-0.39, 0.29) is 17.1 Å². The second kappa shape index (κ2) is 6.84. The van der Waals surface area contributed by atoms with Gasteiger partial charge in [-0.05, 0) is 37.3 Å². The molecule has 1 aromatic heterocycles. The molecule has 0 aliphatic rings. The minimum absolute atomic E-state index is 0.144. The smallest absolute Gasteiger partial charge is 0.405 e. The summed E-state index contributed by atoms with van der Waals surface area (Å²) in [6.45, 7) is 1.41. The van der Waals surface area contributed by atoms with Crippen LogP contribution in [0.4, 0.5) is 13.6 Å². The molecule has 9 heteroatoms. The lowest BCUT2D eigenvalue weighted by Gasteiger charge is -2.19. The van der Waals surface area contributed by atoms with Crippen molar-refractivity contribution in [1.29, 1.82) is 5.26 Å². The van der Waals surface area contributed by atoms with Gasteiger partial charge in [0.2, 0.25) is 0 Å². The van der Waals surface area contributed by atoms with Crippen LogP contribution in [0.1, 0.15) is 24.4 Å². The molecular weight excluding hydrogens is 358 g/mol. The number of rotatable bonds is 3. The number of carbonyl (C=O) groups is 1. The van der Waals surface area contributed by atoms with Crippen molar-refractivity contribution >= 4 is 17.0 Å². The van der Waals surface area contributed by atoms with Gasteiger partial charge >= 0.3 is 6.09 Å². The minimum atomic E-state index is -1.38. The summed E-state index contributed by atoms with van der Waals surface area (Å²) < 4.78 is 29.3. The van der Waals surface area contributed by atoms with Gasteiger partial charge in [0.05, 0.1) is 23.4 Å². The van der Waals surface area contributed by atoms with E-state index in [9.17, 15) is 18.4 Å². The number of nitrogens with one attached hydrogen (secondary N) is 1. The minimum Gasteiger partial charge on any atom is -0.465 e. The van der Waals surface area contributed by atoms with Crippen molar-refractivity contribution in [3.05, 3.63) is 69.8 Å². The molecule has 1 heterocycles. The van der Waals surface area contributed by atoms with Gasteiger partial charge in [0.25, 0.3) is 5.56 Å². The summed E-state index contributed by atoms with van der Waals surface area (Å²) in [7, 11) is 0. The van der Waals surface area contributed by atoms with Crippen LogP contribution in [0.25, 0.3) is 16.6 Å². The zero-order valence-electron chi connectivity index (χ0n) is 13.9. The monoisotopic (exact) mass is 370 g/mol. The van der Waals surface area contributed by atoms with Crippen molar-refractivity contribution in [3.8, 4) is 11.8 Å². The predicted octanol–water partition coefficient (Wildman–Crippen LogP) is 2.86. The van der Waals surface area contributed by atoms with Gasteiger partial charge in [-0.25, -0.2) is 18.6 Å². The number of fused-ring (bicyclic) bond motifs is 1. The van der Waals surface area contributed by atoms with Gasteiger partial charge in [-0.1, -0.05) is 6.07 Å². The number of halogens is 2. The first kappa shape index (κ1) is 18.0. The van der Waals surface area contributed by atoms with Gasteiger partial charge in [0.1, 0.15) is 28.4 Å². The van der Waals surface area contributed by atoms with Crippen molar-refractivity contribution in [1.82, 2.24) is 14.9 Å². The van der Waals surface area contributed by atoms with Crippen LogP contribution in [0, 0.1) is 23.0 Å². The number of carboxylic acid groups (broad SMARTS) is 1. The quantitative estimate of drug-likeness (QED) is 0.737. The molecule has 0 radical (unpaired) electrons. The van der Waals surface area contributed by atoms with Crippen LogP contribution in [0.5, 0.6) is 0 Å². The highest BCUT2D eigenvalue weighted by Gasteiger charge is 2.22. The van der Waals surface area contributed by atoms with Gasteiger partial charge in [-0.3, -0.25) is 9.36 Å². The highest BCUT2D eigenvalue weighted by molar-refractivity contribution is 5.79. The third-order valence-electron chi connectivity index (χ3n) is 3.91. The Bertz CT molecular complexity index is 1170. The van der Waals surface area contributed by atoms with Gasteiger partial charge in [0.15, 0.2) is 0 Å². The molecule has 0 saturated carbocycles. The van der Waals surface area contributed by atoms with Crippen molar-refractivity contribution < 1.29 is 18.7 Å². The number of amides is 1. The Kier molecular flexibility index (Phi) is 4.56. The van der Waals surface area contributed by atoms with Gasteiger partial charge in [0, 0.05) is 0 Å².